The number of hydrogen-bond donors (Lipinski definition) is 0. The number of hydrogen-bond acceptors (Lipinski definition) is 3. The molecule has 1 aromatic heterocycles. The Balaban J connectivity index is 1.45. The Labute approximate surface area is 140 Å². The van der Waals surface area contributed by atoms with Gasteiger partial charge in [0.15, 0.2) is 0 Å². The van der Waals surface area contributed by atoms with Gasteiger partial charge in [0.1, 0.15) is 5.60 Å². The Hall–Kier alpha value is -2.88. The lowest BCUT2D eigenvalue weighted by Gasteiger charge is -2.14. The fraction of sp³-hybridized carbons (Fsp3) is 0.200. The lowest BCUT2D eigenvalue weighted by Crippen LogP contribution is -2.18. The number of rotatable bonds is 4. The normalized spacial score (nSPS) is 22.1. The predicted octanol–water partition coefficient (Wildman–Crippen LogP) is 3.98. The zero-order valence-corrected chi connectivity index (χ0v) is 13.4. The van der Waals surface area contributed by atoms with E-state index < -0.39 is 5.60 Å². The molecule has 2 atom stereocenters. The third-order valence-electron chi connectivity index (χ3n) is 4.62. The van der Waals surface area contributed by atoms with Gasteiger partial charge in [-0.25, -0.2) is 9.78 Å². The summed E-state index contributed by atoms with van der Waals surface area (Å²) in [4.78, 5) is 16.5. The third-order valence-corrected chi connectivity index (χ3v) is 4.62. The lowest BCUT2D eigenvalue weighted by atomic mass is 10.1. The second kappa shape index (κ2) is 5.64. The molecule has 4 rings (SSSR count). The van der Waals surface area contributed by atoms with Crippen molar-refractivity contribution in [2.45, 2.75) is 24.9 Å². The van der Waals surface area contributed by atoms with E-state index in [1.165, 1.54) is 5.56 Å². The van der Waals surface area contributed by atoms with Crippen molar-refractivity contribution in [1.82, 2.24) is 9.55 Å². The summed E-state index contributed by atoms with van der Waals surface area (Å²) in [6.07, 6.45) is 6.18. The highest BCUT2D eigenvalue weighted by atomic mass is 16.6. The molecule has 1 aliphatic rings. The van der Waals surface area contributed by atoms with Gasteiger partial charge in [0.05, 0.1) is 11.9 Å². The summed E-state index contributed by atoms with van der Waals surface area (Å²) < 4.78 is 7.67. The highest BCUT2D eigenvalue weighted by Crippen LogP contribution is 2.54. The summed E-state index contributed by atoms with van der Waals surface area (Å²) >= 11 is 0. The van der Waals surface area contributed by atoms with Crippen LogP contribution in [0, 0.1) is 0 Å². The van der Waals surface area contributed by atoms with Gasteiger partial charge in [0.25, 0.3) is 0 Å². The molecule has 0 unspecified atom stereocenters. The van der Waals surface area contributed by atoms with Crippen LogP contribution in [0.15, 0.2) is 73.3 Å². The summed E-state index contributed by atoms with van der Waals surface area (Å²) in [5.41, 5.74) is 2.35. The zero-order chi connectivity index (χ0) is 16.6. The van der Waals surface area contributed by atoms with Crippen molar-refractivity contribution in [2.24, 2.45) is 0 Å². The first-order valence-corrected chi connectivity index (χ1v) is 8.02. The van der Waals surface area contributed by atoms with Gasteiger partial charge in [-0.3, -0.25) is 0 Å². The van der Waals surface area contributed by atoms with Crippen molar-refractivity contribution in [3.63, 3.8) is 0 Å². The minimum atomic E-state index is -0.401. The molecule has 1 aliphatic carbocycles. The third kappa shape index (κ3) is 2.71. The number of carbonyl (C=O) groups is 1. The second-order valence-corrected chi connectivity index (χ2v) is 6.39. The molecule has 2 aromatic carbocycles. The van der Waals surface area contributed by atoms with Crippen molar-refractivity contribution in [1.29, 1.82) is 0 Å². The van der Waals surface area contributed by atoms with Crippen LogP contribution < -0.4 is 0 Å². The summed E-state index contributed by atoms with van der Waals surface area (Å²) in [6, 6.07) is 17.6. The smallest absolute Gasteiger partial charge is 0.338 e. The number of carbonyl (C=O) groups excluding carboxylic acids is 1. The van der Waals surface area contributed by atoms with Gasteiger partial charge in [-0.15, -0.1) is 0 Å². The maximum absolute atomic E-state index is 12.4. The molecular formula is C20H18N2O2. The monoisotopic (exact) mass is 318 g/mol. The topological polar surface area (TPSA) is 44.1 Å². The van der Waals surface area contributed by atoms with Crippen LogP contribution in [0.2, 0.25) is 0 Å². The molecule has 1 saturated carbocycles. The van der Waals surface area contributed by atoms with E-state index in [2.05, 4.69) is 17.1 Å². The molecule has 0 bridgehead atoms. The molecule has 0 amide bonds. The quantitative estimate of drug-likeness (QED) is 0.684. The molecule has 0 N–H and O–H groups in total. The molecule has 1 fully saturated rings. The van der Waals surface area contributed by atoms with Gasteiger partial charge in [-0.1, -0.05) is 30.3 Å². The summed E-state index contributed by atoms with van der Waals surface area (Å²) in [5, 5.41) is 0. The van der Waals surface area contributed by atoms with Crippen LogP contribution in [0.3, 0.4) is 0 Å². The largest absolute Gasteiger partial charge is 0.455 e. The molecule has 0 radical (unpaired) electrons. The van der Waals surface area contributed by atoms with Crippen LogP contribution in [0.25, 0.3) is 5.69 Å². The van der Waals surface area contributed by atoms with E-state index in [0.29, 0.717) is 5.56 Å². The van der Waals surface area contributed by atoms with E-state index in [1.54, 1.807) is 24.7 Å². The molecule has 0 aliphatic heterocycles. The molecular weight excluding hydrogens is 300 g/mol. The first kappa shape index (κ1) is 14.7. The van der Waals surface area contributed by atoms with Crippen molar-refractivity contribution in [3.05, 3.63) is 84.4 Å². The number of benzene rings is 2. The molecule has 0 saturated heterocycles. The van der Waals surface area contributed by atoms with Gasteiger partial charge in [0.2, 0.25) is 0 Å². The van der Waals surface area contributed by atoms with Crippen molar-refractivity contribution in [2.75, 3.05) is 0 Å². The molecule has 1 heterocycles. The van der Waals surface area contributed by atoms with Gasteiger partial charge >= 0.3 is 5.97 Å². The van der Waals surface area contributed by atoms with Crippen LogP contribution in [-0.2, 0) is 4.74 Å². The minimum Gasteiger partial charge on any atom is -0.455 e. The summed E-state index contributed by atoms with van der Waals surface area (Å²) in [6.45, 7) is 2.00. The van der Waals surface area contributed by atoms with E-state index >= 15 is 0 Å². The van der Waals surface area contributed by atoms with Crippen LogP contribution >= 0.6 is 0 Å². The van der Waals surface area contributed by atoms with E-state index in [0.717, 1.165) is 12.1 Å². The van der Waals surface area contributed by atoms with E-state index in [4.69, 9.17) is 4.74 Å². The lowest BCUT2D eigenvalue weighted by molar-refractivity contribution is 0.0259. The molecule has 3 aromatic rings. The molecule has 0 spiro atoms. The highest BCUT2D eigenvalue weighted by Gasteiger charge is 2.54. The second-order valence-electron chi connectivity index (χ2n) is 6.39. The zero-order valence-electron chi connectivity index (χ0n) is 13.4. The Morgan fingerprint density at radius 2 is 1.92 bits per heavy atom. The Kier molecular flexibility index (Phi) is 3.45. The minimum absolute atomic E-state index is 0.270. The van der Waals surface area contributed by atoms with Crippen molar-refractivity contribution < 1.29 is 9.53 Å². The number of aromatic nitrogens is 2. The van der Waals surface area contributed by atoms with Gasteiger partial charge in [-0.05, 0) is 43.2 Å². The van der Waals surface area contributed by atoms with Crippen LogP contribution in [0.4, 0.5) is 0 Å². The van der Waals surface area contributed by atoms with E-state index in [9.17, 15) is 4.79 Å². The maximum Gasteiger partial charge on any atom is 0.338 e. The first-order valence-electron chi connectivity index (χ1n) is 8.02. The average molecular weight is 318 g/mol. The molecule has 4 heteroatoms. The van der Waals surface area contributed by atoms with Crippen LogP contribution in [-0.4, -0.2) is 21.1 Å². The van der Waals surface area contributed by atoms with E-state index in [-0.39, 0.29) is 11.9 Å². The van der Waals surface area contributed by atoms with Crippen molar-refractivity contribution in [3.8, 4) is 5.69 Å². The number of esters is 1. The Morgan fingerprint density at radius 1 is 1.17 bits per heavy atom. The fourth-order valence-corrected chi connectivity index (χ4v) is 3.07. The van der Waals surface area contributed by atoms with Crippen molar-refractivity contribution >= 4 is 5.97 Å². The SMILES string of the molecule is C[C@]1(OC(=O)c2ccc(-n3ccnc3)cc2)C[C@@H]1c1ccccc1. The molecule has 24 heavy (non-hydrogen) atoms. The Bertz CT molecular complexity index is 841. The summed E-state index contributed by atoms with van der Waals surface area (Å²) in [5.74, 6) is 0.0148. The molecule has 120 valence electrons. The number of ether oxygens (including phenoxy) is 1. The van der Waals surface area contributed by atoms with Gasteiger partial charge < -0.3 is 9.30 Å². The number of nitrogens with zero attached hydrogens (tertiary/aromatic N) is 2. The van der Waals surface area contributed by atoms with E-state index in [1.807, 2.05) is 48.0 Å². The predicted molar refractivity (Wildman–Crippen MR) is 91.2 cm³/mol. The Morgan fingerprint density at radius 3 is 2.58 bits per heavy atom. The first-order chi connectivity index (χ1) is 11.7. The van der Waals surface area contributed by atoms with Crippen LogP contribution in [0.1, 0.15) is 35.2 Å². The molecule has 4 nitrogen and oxygen atoms in total. The average Bonchev–Trinajstić information content (AvgIpc) is 3.02. The van der Waals surface area contributed by atoms with Gasteiger partial charge in [0, 0.05) is 24.0 Å². The fourth-order valence-electron chi connectivity index (χ4n) is 3.07. The standard InChI is InChI=1S/C20H18N2O2/c1-20(13-18(20)15-5-3-2-4-6-15)24-19(23)16-7-9-17(10-8-16)22-12-11-21-14-22/h2-12,14,18H,13H2,1H3/t18-,20+/m1/s1. The number of imidazole rings is 1. The summed E-state index contributed by atoms with van der Waals surface area (Å²) in [7, 11) is 0. The van der Waals surface area contributed by atoms with Crippen LogP contribution in [0.5, 0.6) is 0 Å². The maximum atomic E-state index is 12.4. The highest BCUT2D eigenvalue weighted by molar-refractivity contribution is 5.90. The van der Waals surface area contributed by atoms with Gasteiger partial charge in [-0.2, -0.15) is 0 Å².